The molecule has 0 aliphatic carbocycles. The van der Waals surface area contributed by atoms with E-state index in [4.69, 9.17) is 0 Å². The molecular formula is C14H19FN4O. The highest BCUT2D eigenvalue weighted by Gasteiger charge is 2.34. The first-order valence-corrected chi connectivity index (χ1v) is 6.96. The molecule has 2 saturated heterocycles. The molecule has 0 spiro atoms. The van der Waals surface area contributed by atoms with Crippen LogP contribution in [0.2, 0.25) is 0 Å². The van der Waals surface area contributed by atoms with Crippen LogP contribution in [0.1, 0.15) is 10.5 Å². The van der Waals surface area contributed by atoms with Crippen molar-refractivity contribution in [2.45, 2.75) is 6.04 Å². The molecule has 3 rings (SSSR count). The molecule has 0 N–H and O–H groups in total. The van der Waals surface area contributed by atoms with E-state index in [9.17, 15) is 9.18 Å². The maximum Gasteiger partial charge on any atom is 0.168 e. The molecule has 0 amide bonds. The third kappa shape index (κ3) is 2.53. The van der Waals surface area contributed by atoms with Gasteiger partial charge in [0.25, 0.3) is 0 Å². The number of anilines is 1. The second kappa shape index (κ2) is 5.46. The van der Waals surface area contributed by atoms with Crippen molar-refractivity contribution in [1.82, 2.24) is 14.8 Å². The second-order valence-electron chi connectivity index (χ2n) is 5.56. The van der Waals surface area contributed by atoms with E-state index in [1.807, 2.05) is 4.90 Å². The molecule has 5 nitrogen and oxygen atoms in total. The Balaban J connectivity index is 1.61. The fraction of sp³-hybridized carbons (Fsp3) is 0.571. The first-order chi connectivity index (χ1) is 9.67. The minimum atomic E-state index is -0.354. The van der Waals surface area contributed by atoms with E-state index < -0.39 is 0 Å². The van der Waals surface area contributed by atoms with E-state index in [1.165, 1.54) is 12.1 Å². The maximum atomic E-state index is 13.8. The van der Waals surface area contributed by atoms with E-state index in [1.54, 1.807) is 0 Å². The van der Waals surface area contributed by atoms with Crippen LogP contribution >= 0.6 is 0 Å². The summed E-state index contributed by atoms with van der Waals surface area (Å²) in [5.41, 5.74) is 0.282. The van der Waals surface area contributed by atoms with Gasteiger partial charge in [0.15, 0.2) is 17.9 Å². The molecule has 0 unspecified atom stereocenters. The van der Waals surface area contributed by atoms with E-state index in [0.29, 0.717) is 18.1 Å². The number of carbonyl (C=O) groups is 1. The quantitative estimate of drug-likeness (QED) is 0.752. The average Bonchev–Trinajstić information content (AvgIpc) is 2.41. The number of aldehydes is 1. The zero-order chi connectivity index (χ0) is 14.1. The van der Waals surface area contributed by atoms with Gasteiger partial charge in [-0.25, -0.2) is 9.37 Å². The van der Waals surface area contributed by atoms with Crippen LogP contribution in [-0.4, -0.2) is 73.4 Å². The van der Waals surface area contributed by atoms with Crippen molar-refractivity contribution >= 4 is 12.1 Å². The Bertz CT molecular complexity index is 496. The molecule has 1 aromatic rings. The van der Waals surface area contributed by atoms with E-state index >= 15 is 0 Å². The third-order valence-corrected chi connectivity index (χ3v) is 4.19. The smallest absolute Gasteiger partial charge is 0.168 e. The van der Waals surface area contributed by atoms with Crippen molar-refractivity contribution < 1.29 is 9.18 Å². The highest BCUT2D eigenvalue weighted by molar-refractivity contribution is 5.72. The number of piperazine rings is 1. The third-order valence-electron chi connectivity index (χ3n) is 4.19. The van der Waals surface area contributed by atoms with Crippen LogP contribution in [-0.2, 0) is 0 Å². The number of hydrogen-bond donors (Lipinski definition) is 0. The predicted molar refractivity (Wildman–Crippen MR) is 74.7 cm³/mol. The van der Waals surface area contributed by atoms with Crippen LogP contribution in [0.4, 0.5) is 10.2 Å². The molecule has 2 aliphatic heterocycles. The molecule has 108 valence electrons. The molecule has 20 heavy (non-hydrogen) atoms. The first kappa shape index (κ1) is 13.5. The summed E-state index contributed by atoms with van der Waals surface area (Å²) in [6.07, 6.45) is 0.653. The number of pyridine rings is 1. The Labute approximate surface area is 118 Å². The first-order valence-electron chi connectivity index (χ1n) is 6.96. The Kier molecular flexibility index (Phi) is 3.67. The van der Waals surface area contributed by atoms with Gasteiger partial charge in [-0.15, -0.1) is 0 Å². The number of aromatic nitrogens is 1. The summed E-state index contributed by atoms with van der Waals surface area (Å²) in [5, 5.41) is 0. The maximum absolute atomic E-state index is 13.8. The monoisotopic (exact) mass is 278 g/mol. The molecule has 0 radical (unpaired) electrons. The standard InChI is InChI=1S/C14H19FN4O/c1-17-4-6-18(7-5-17)12-8-19(9-12)14-13(15)3-2-11(10-20)16-14/h2-3,10,12H,4-9H2,1H3. The summed E-state index contributed by atoms with van der Waals surface area (Å²) < 4.78 is 13.8. The van der Waals surface area contributed by atoms with Gasteiger partial charge >= 0.3 is 0 Å². The molecule has 2 fully saturated rings. The van der Waals surface area contributed by atoms with Crippen molar-refractivity contribution in [2.24, 2.45) is 0 Å². The van der Waals surface area contributed by atoms with Crippen LogP contribution < -0.4 is 4.90 Å². The molecular weight excluding hydrogens is 259 g/mol. The summed E-state index contributed by atoms with van der Waals surface area (Å²) in [5.74, 6) is -0.0487. The van der Waals surface area contributed by atoms with Crippen molar-refractivity contribution in [3.05, 3.63) is 23.6 Å². The summed E-state index contributed by atoms with van der Waals surface area (Å²) in [7, 11) is 2.13. The van der Waals surface area contributed by atoms with E-state index in [-0.39, 0.29) is 11.5 Å². The lowest BCUT2D eigenvalue weighted by molar-refractivity contribution is 0.0957. The summed E-state index contributed by atoms with van der Waals surface area (Å²) in [6, 6.07) is 3.20. The Hall–Kier alpha value is -1.53. The Morgan fingerprint density at radius 3 is 2.60 bits per heavy atom. The summed E-state index contributed by atoms with van der Waals surface area (Å²) >= 11 is 0. The number of halogens is 1. The molecule has 0 bridgehead atoms. The number of carbonyl (C=O) groups excluding carboxylic acids is 1. The number of nitrogens with zero attached hydrogens (tertiary/aromatic N) is 4. The van der Waals surface area contributed by atoms with Gasteiger partial charge in [0.2, 0.25) is 0 Å². The molecule has 1 aromatic heterocycles. The Morgan fingerprint density at radius 1 is 1.25 bits per heavy atom. The van der Waals surface area contributed by atoms with Gasteiger partial charge in [-0.2, -0.15) is 0 Å². The lowest BCUT2D eigenvalue weighted by atomic mass is 10.1. The summed E-state index contributed by atoms with van der Waals surface area (Å²) in [6.45, 7) is 5.89. The van der Waals surface area contributed by atoms with E-state index in [2.05, 4.69) is 21.8 Å². The molecule has 2 aliphatic rings. The van der Waals surface area contributed by atoms with Crippen LogP contribution in [0, 0.1) is 5.82 Å². The van der Waals surface area contributed by atoms with Crippen LogP contribution in [0.5, 0.6) is 0 Å². The zero-order valence-corrected chi connectivity index (χ0v) is 11.6. The largest absolute Gasteiger partial charge is 0.351 e. The number of likely N-dealkylation sites (N-methyl/N-ethyl adjacent to an activating group) is 1. The van der Waals surface area contributed by atoms with Gasteiger partial charge in [0.1, 0.15) is 5.69 Å². The number of hydrogen-bond acceptors (Lipinski definition) is 5. The normalized spacial score (nSPS) is 21.8. The highest BCUT2D eigenvalue weighted by Crippen LogP contribution is 2.25. The van der Waals surface area contributed by atoms with Crippen molar-refractivity contribution in [3.63, 3.8) is 0 Å². The van der Waals surface area contributed by atoms with Crippen molar-refractivity contribution in [1.29, 1.82) is 0 Å². The van der Waals surface area contributed by atoms with Crippen molar-refractivity contribution in [2.75, 3.05) is 51.2 Å². The van der Waals surface area contributed by atoms with Crippen molar-refractivity contribution in [3.8, 4) is 0 Å². The average molecular weight is 278 g/mol. The minimum absolute atomic E-state index is 0.282. The lowest BCUT2D eigenvalue weighted by Crippen LogP contribution is -2.63. The molecule has 0 saturated carbocycles. The van der Waals surface area contributed by atoms with Crippen LogP contribution in [0.25, 0.3) is 0 Å². The van der Waals surface area contributed by atoms with E-state index in [0.717, 1.165) is 39.3 Å². The van der Waals surface area contributed by atoms with Crippen LogP contribution in [0.3, 0.4) is 0 Å². The SMILES string of the molecule is CN1CCN(C2CN(c3nc(C=O)ccc3F)C2)CC1. The molecule has 6 heteroatoms. The van der Waals surface area contributed by atoms with Gasteiger partial charge in [-0.1, -0.05) is 0 Å². The lowest BCUT2D eigenvalue weighted by Gasteiger charge is -2.48. The van der Waals surface area contributed by atoms with Gasteiger partial charge in [0.05, 0.1) is 0 Å². The molecule has 0 atom stereocenters. The molecule has 0 aromatic carbocycles. The fourth-order valence-electron chi connectivity index (χ4n) is 2.78. The zero-order valence-electron chi connectivity index (χ0n) is 11.6. The van der Waals surface area contributed by atoms with Gasteiger partial charge in [-0.3, -0.25) is 9.69 Å². The fourth-order valence-corrected chi connectivity index (χ4v) is 2.78. The minimum Gasteiger partial charge on any atom is -0.351 e. The topological polar surface area (TPSA) is 39.7 Å². The molecule has 3 heterocycles. The van der Waals surface area contributed by atoms with Crippen LogP contribution in [0.15, 0.2) is 12.1 Å². The number of rotatable bonds is 3. The second-order valence-corrected chi connectivity index (χ2v) is 5.56. The highest BCUT2D eigenvalue weighted by atomic mass is 19.1. The Morgan fingerprint density at radius 2 is 1.95 bits per heavy atom. The van der Waals surface area contributed by atoms with Gasteiger partial charge in [-0.05, 0) is 19.2 Å². The van der Waals surface area contributed by atoms with Gasteiger partial charge in [0, 0.05) is 45.3 Å². The predicted octanol–water partition coefficient (Wildman–Crippen LogP) is 0.469. The van der Waals surface area contributed by atoms with Gasteiger partial charge < -0.3 is 9.80 Å². The summed E-state index contributed by atoms with van der Waals surface area (Å²) in [4.78, 5) is 21.5.